The maximum absolute atomic E-state index is 14.4. The Bertz CT molecular complexity index is 1180. The lowest BCUT2D eigenvalue weighted by molar-refractivity contribution is -0.139. The van der Waals surface area contributed by atoms with Crippen LogP contribution in [0.25, 0.3) is 0 Å². The van der Waals surface area contributed by atoms with Crippen LogP contribution >= 0.6 is 0 Å². The first-order valence-corrected chi connectivity index (χ1v) is 13.7. The van der Waals surface area contributed by atoms with Crippen LogP contribution in [0.15, 0.2) is 42.5 Å². The second kappa shape index (κ2) is 9.67. The summed E-state index contributed by atoms with van der Waals surface area (Å²) in [6.45, 7) is 2.19. The molecule has 196 valence electrons. The number of ether oxygens (including phenoxy) is 2. The Labute approximate surface area is 219 Å². The number of imide groups is 1. The van der Waals surface area contributed by atoms with Gasteiger partial charge in [-0.05, 0) is 60.9 Å². The molecule has 2 aromatic carbocycles. The predicted molar refractivity (Wildman–Crippen MR) is 141 cm³/mol. The highest BCUT2D eigenvalue weighted by Crippen LogP contribution is 2.49. The van der Waals surface area contributed by atoms with Crippen LogP contribution in [0.4, 0.5) is 4.79 Å². The lowest BCUT2D eigenvalue weighted by Gasteiger charge is -2.49. The second-order valence-corrected chi connectivity index (χ2v) is 11.0. The number of urea groups is 1. The average Bonchev–Trinajstić information content (AvgIpc) is 3.14. The standard InChI is InChI=1S/C30H37N3O4/c1-36-26-17-22-13-15-31-16-14-30(19-25(31)24(22)18-27(26)37-2)28(34)33(23-11-7-4-8-12-23)29(35)32(30)20-21-9-5-3-6-10-21/h3,5-6,9-10,17-18,23,25H,4,7-8,11-16,19-20H2,1-2H3/t25-,30+/m0/s1. The van der Waals surface area contributed by atoms with Crippen LogP contribution in [0.5, 0.6) is 11.5 Å². The Balaban J connectivity index is 1.40. The molecule has 3 aliphatic heterocycles. The number of nitrogens with zero attached hydrogens (tertiary/aromatic N) is 3. The quantitative estimate of drug-likeness (QED) is 0.542. The van der Waals surface area contributed by atoms with Gasteiger partial charge >= 0.3 is 6.03 Å². The molecule has 6 rings (SSSR count). The van der Waals surface area contributed by atoms with Gasteiger partial charge in [-0.3, -0.25) is 14.6 Å². The van der Waals surface area contributed by atoms with Crippen molar-refractivity contribution in [2.75, 3.05) is 27.3 Å². The number of fused-ring (bicyclic) bond motifs is 3. The number of carbonyl (C=O) groups excluding carboxylic acids is 2. The Morgan fingerprint density at radius 3 is 2.41 bits per heavy atom. The van der Waals surface area contributed by atoms with E-state index in [0.29, 0.717) is 25.1 Å². The van der Waals surface area contributed by atoms with E-state index in [1.807, 2.05) is 23.1 Å². The van der Waals surface area contributed by atoms with Gasteiger partial charge in [-0.15, -0.1) is 0 Å². The first kappa shape index (κ1) is 24.3. The summed E-state index contributed by atoms with van der Waals surface area (Å²) in [6, 6.07) is 14.3. The van der Waals surface area contributed by atoms with E-state index in [1.165, 1.54) is 17.5 Å². The van der Waals surface area contributed by atoms with Crippen molar-refractivity contribution in [2.24, 2.45) is 0 Å². The van der Waals surface area contributed by atoms with Crippen LogP contribution in [-0.4, -0.2) is 65.5 Å². The summed E-state index contributed by atoms with van der Waals surface area (Å²) in [5, 5.41) is 0. The van der Waals surface area contributed by atoms with E-state index in [0.717, 1.165) is 56.5 Å². The summed E-state index contributed by atoms with van der Waals surface area (Å²) in [5.74, 6) is 1.47. The number of hydrogen-bond acceptors (Lipinski definition) is 5. The third kappa shape index (κ3) is 3.99. The van der Waals surface area contributed by atoms with Gasteiger partial charge < -0.3 is 14.4 Å². The van der Waals surface area contributed by atoms with Crippen LogP contribution in [0.1, 0.15) is 67.7 Å². The van der Waals surface area contributed by atoms with Crippen LogP contribution in [-0.2, 0) is 17.8 Å². The summed E-state index contributed by atoms with van der Waals surface area (Å²) < 4.78 is 11.2. The number of piperidine rings is 1. The van der Waals surface area contributed by atoms with Crippen LogP contribution in [0.3, 0.4) is 0 Å². The molecule has 2 atom stereocenters. The highest BCUT2D eigenvalue weighted by molar-refractivity contribution is 6.07. The van der Waals surface area contributed by atoms with E-state index in [1.54, 1.807) is 19.1 Å². The summed E-state index contributed by atoms with van der Waals surface area (Å²) in [5.41, 5.74) is 2.67. The minimum Gasteiger partial charge on any atom is -0.493 e. The van der Waals surface area contributed by atoms with Crippen LogP contribution in [0.2, 0.25) is 0 Å². The molecule has 3 fully saturated rings. The van der Waals surface area contributed by atoms with Crippen LogP contribution < -0.4 is 9.47 Å². The van der Waals surface area contributed by atoms with Gasteiger partial charge in [0.25, 0.3) is 5.91 Å². The van der Waals surface area contributed by atoms with Gasteiger partial charge in [0, 0.05) is 31.7 Å². The molecular formula is C30H37N3O4. The first-order chi connectivity index (χ1) is 18.1. The zero-order valence-electron chi connectivity index (χ0n) is 21.9. The van der Waals surface area contributed by atoms with Crippen molar-refractivity contribution in [2.45, 2.75) is 75.5 Å². The molecule has 1 saturated carbocycles. The summed E-state index contributed by atoms with van der Waals surface area (Å²) in [6.07, 6.45) is 7.41. The number of carbonyl (C=O) groups is 2. The van der Waals surface area contributed by atoms with E-state index in [9.17, 15) is 9.59 Å². The molecule has 2 aromatic rings. The lowest BCUT2D eigenvalue weighted by Crippen LogP contribution is -2.58. The molecule has 7 heteroatoms. The Kier molecular flexibility index (Phi) is 6.35. The van der Waals surface area contributed by atoms with Gasteiger partial charge in [0.2, 0.25) is 0 Å². The summed E-state index contributed by atoms with van der Waals surface area (Å²) in [7, 11) is 3.33. The van der Waals surface area contributed by atoms with Crippen molar-refractivity contribution in [1.29, 1.82) is 0 Å². The van der Waals surface area contributed by atoms with Crippen molar-refractivity contribution >= 4 is 11.9 Å². The molecule has 1 aliphatic carbocycles. The molecular weight excluding hydrogens is 466 g/mol. The highest BCUT2D eigenvalue weighted by Gasteiger charge is 2.61. The van der Waals surface area contributed by atoms with Crippen molar-refractivity contribution in [3.05, 3.63) is 59.2 Å². The molecule has 7 nitrogen and oxygen atoms in total. The van der Waals surface area contributed by atoms with Gasteiger partial charge in [-0.1, -0.05) is 49.6 Å². The Hall–Kier alpha value is -3.06. The topological polar surface area (TPSA) is 62.3 Å². The maximum atomic E-state index is 14.4. The van der Waals surface area contributed by atoms with E-state index in [4.69, 9.17) is 9.47 Å². The van der Waals surface area contributed by atoms with Crippen molar-refractivity contribution < 1.29 is 19.1 Å². The van der Waals surface area contributed by atoms with E-state index < -0.39 is 5.54 Å². The number of hydrogen-bond donors (Lipinski definition) is 0. The Morgan fingerprint density at radius 1 is 0.946 bits per heavy atom. The van der Waals surface area contributed by atoms with Gasteiger partial charge in [0.05, 0.1) is 14.2 Å². The smallest absolute Gasteiger partial charge is 0.328 e. The first-order valence-electron chi connectivity index (χ1n) is 13.7. The number of methoxy groups -OCH3 is 2. The molecule has 1 spiro atoms. The zero-order chi connectivity index (χ0) is 25.6. The minimum absolute atomic E-state index is 0.0208. The van der Waals surface area contributed by atoms with Crippen molar-refractivity contribution in [3.63, 3.8) is 0 Å². The fourth-order valence-electron chi connectivity index (χ4n) is 7.16. The SMILES string of the molecule is COc1cc2c(cc1OC)[C@@H]1C[C@]3(CCN1CC2)C(=O)N(C1CCCCC1)C(=O)N3Cc1ccccc1. The van der Waals surface area contributed by atoms with Gasteiger partial charge in [-0.2, -0.15) is 0 Å². The molecule has 37 heavy (non-hydrogen) atoms. The molecule has 0 N–H and O–H groups in total. The van der Waals surface area contributed by atoms with Crippen molar-refractivity contribution in [1.82, 2.24) is 14.7 Å². The predicted octanol–water partition coefficient (Wildman–Crippen LogP) is 4.93. The van der Waals surface area contributed by atoms with Gasteiger partial charge in [0.15, 0.2) is 11.5 Å². The average molecular weight is 504 g/mol. The fourth-order valence-corrected chi connectivity index (χ4v) is 7.16. The second-order valence-electron chi connectivity index (χ2n) is 11.0. The largest absolute Gasteiger partial charge is 0.493 e. The summed E-state index contributed by atoms with van der Waals surface area (Å²) in [4.78, 5) is 34.5. The third-order valence-corrected chi connectivity index (χ3v) is 9.15. The van der Waals surface area contributed by atoms with E-state index in [-0.39, 0.29) is 24.0 Å². The minimum atomic E-state index is -0.826. The normalized spacial score (nSPS) is 26.4. The lowest BCUT2D eigenvalue weighted by atomic mass is 9.76. The highest BCUT2D eigenvalue weighted by atomic mass is 16.5. The monoisotopic (exact) mass is 503 g/mol. The molecule has 2 saturated heterocycles. The van der Waals surface area contributed by atoms with Crippen LogP contribution in [0, 0.1) is 0 Å². The molecule has 0 aromatic heterocycles. The van der Waals surface area contributed by atoms with Gasteiger partial charge in [0.1, 0.15) is 5.54 Å². The van der Waals surface area contributed by atoms with Crippen molar-refractivity contribution in [3.8, 4) is 11.5 Å². The number of amides is 3. The molecule has 0 radical (unpaired) electrons. The van der Waals surface area contributed by atoms with E-state index in [2.05, 4.69) is 29.2 Å². The molecule has 3 amide bonds. The number of benzene rings is 2. The summed E-state index contributed by atoms with van der Waals surface area (Å²) >= 11 is 0. The molecule has 0 bridgehead atoms. The van der Waals surface area contributed by atoms with E-state index >= 15 is 0 Å². The fraction of sp³-hybridized carbons (Fsp3) is 0.533. The molecule has 4 aliphatic rings. The molecule has 0 unspecified atom stereocenters. The zero-order valence-corrected chi connectivity index (χ0v) is 21.9. The third-order valence-electron chi connectivity index (χ3n) is 9.15. The number of rotatable bonds is 5. The maximum Gasteiger partial charge on any atom is 0.328 e. The van der Waals surface area contributed by atoms with Gasteiger partial charge in [-0.25, -0.2) is 4.79 Å². The molecule has 3 heterocycles. The Morgan fingerprint density at radius 2 is 1.68 bits per heavy atom.